The summed E-state index contributed by atoms with van der Waals surface area (Å²) in [7, 11) is 0. The smallest absolute Gasteiger partial charge is 0.192 e. The molecule has 1 aromatic carbocycles. The second kappa shape index (κ2) is 4.76. The van der Waals surface area contributed by atoms with Crippen molar-refractivity contribution in [3.63, 3.8) is 0 Å². The van der Waals surface area contributed by atoms with Crippen molar-refractivity contribution in [2.75, 3.05) is 5.32 Å². The Morgan fingerprint density at radius 1 is 1.37 bits per heavy atom. The molecule has 3 aromatic rings. The SMILES string of the molecule is CCn1cncc1CNc1ccc2oc(C)nc2c1. The molecular formula is C14H16N4O. The highest BCUT2D eigenvalue weighted by Gasteiger charge is 2.04. The Hall–Kier alpha value is -2.30. The third kappa shape index (κ3) is 2.31. The van der Waals surface area contributed by atoms with E-state index in [9.17, 15) is 0 Å². The summed E-state index contributed by atoms with van der Waals surface area (Å²) in [5.41, 5.74) is 3.90. The van der Waals surface area contributed by atoms with Crippen LogP contribution in [0.2, 0.25) is 0 Å². The molecule has 0 fully saturated rings. The van der Waals surface area contributed by atoms with Crippen molar-refractivity contribution in [1.29, 1.82) is 0 Å². The Morgan fingerprint density at radius 3 is 3.11 bits per heavy atom. The number of benzene rings is 1. The molecule has 0 aliphatic rings. The molecule has 0 amide bonds. The van der Waals surface area contributed by atoms with Gasteiger partial charge < -0.3 is 14.3 Å². The third-order valence-corrected chi connectivity index (χ3v) is 3.11. The second-order valence-electron chi connectivity index (χ2n) is 4.44. The molecule has 0 saturated heterocycles. The highest BCUT2D eigenvalue weighted by molar-refractivity contribution is 5.77. The molecule has 0 saturated carbocycles. The van der Waals surface area contributed by atoms with Crippen LogP contribution in [-0.2, 0) is 13.1 Å². The van der Waals surface area contributed by atoms with Crippen molar-refractivity contribution in [3.8, 4) is 0 Å². The van der Waals surface area contributed by atoms with Gasteiger partial charge >= 0.3 is 0 Å². The van der Waals surface area contributed by atoms with E-state index in [1.165, 1.54) is 5.69 Å². The van der Waals surface area contributed by atoms with E-state index in [4.69, 9.17) is 4.42 Å². The Morgan fingerprint density at radius 2 is 2.26 bits per heavy atom. The average Bonchev–Trinajstić information content (AvgIpc) is 3.00. The Bertz CT molecular complexity index is 698. The number of nitrogens with one attached hydrogen (secondary N) is 1. The highest BCUT2D eigenvalue weighted by atomic mass is 16.3. The summed E-state index contributed by atoms with van der Waals surface area (Å²) in [6, 6.07) is 5.94. The topological polar surface area (TPSA) is 55.9 Å². The number of nitrogens with zero attached hydrogens (tertiary/aromatic N) is 3. The lowest BCUT2D eigenvalue weighted by Gasteiger charge is -2.08. The number of fused-ring (bicyclic) bond motifs is 1. The maximum absolute atomic E-state index is 5.46. The van der Waals surface area contributed by atoms with Gasteiger partial charge in [-0.1, -0.05) is 0 Å². The van der Waals surface area contributed by atoms with E-state index in [0.29, 0.717) is 5.89 Å². The molecule has 0 atom stereocenters. The first-order valence-electron chi connectivity index (χ1n) is 6.36. The molecule has 2 aromatic heterocycles. The van der Waals surface area contributed by atoms with Gasteiger partial charge in [-0.25, -0.2) is 9.97 Å². The monoisotopic (exact) mass is 256 g/mol. The number of rotatable bonds is 4. The van der Waals surface area contributed by atoms with Crippen LogP contribution < -0.4 is 5.32 Å². The Labute approximate surface area is 111 Å². The van der Waals surface area contributed by atoms with Crippen molar-refractivity contribution >= 4 is 16.8 Å². The third-order valence-electron chi connectivity index (χ3n) is 3.11. The van der Waals surface area contributed by atoms with E-state index in [1.807, 2.05) is 37.6 Å². The van der Waals surface area contributed by atoms with E-state index in [-0.39, 0.29) is 0 Å². The number of hydrogen-bond donors (Lipinski definition) is 1. The van der Waals surface area contributed by atoms with Crippen LogP contribution >= 0.6 is 0 Å². The van der Waals surface area contributed by atoms with Gasteiger partial charge in [0.15, 0.2) is 11.5 Å². The number of oxazole rings is 1. The predicted octanol–water partition coefficient (Wildman–Crippen LogP) is 2.96. The van der Waals surface area contributed by atoms with E-state index in [1.54, 1.807) is 0 Å². The molecule has 19 heavy (non-hydrogen) atoms. The summed E-state index contributed by atoms with van der Waals surface area (Å²) in [6.45, 7) is 5.64. The number of imidazole rings is 1. The van der Waals surface area contributed by atoms with Crippen molar-refractivity contribution in [2.45, 2.75) is 26.9 Å². The normalized spacial score (nSPS) is 11.1. The Balaban J connectivity index is 1.78. The molecular weight excluding hydrogens is 240 g/mol. The quantitative estimate of drug-likeness (QED) is 0.779. The zero-order valence-electron chi connectivity index (χ0n) is 11.1. The van der Waals surface area contributed by atoms with Gasteiger partial charge in [0, 0.05) is 25.4 Å². The van der Waals surface area contributed by atoms with Crippen LogP contribution in [-0.4, -0.2) is 14.5 Å². The number of anilines is 1. The molecule has 98 valence electrons. The fourth-order valence-corrected chi connectivity index (χ4v) is 2.13. The first-order valence-corrected chi connectivity index (χ1v) is 6.36. The minimum Gasteiger partial charge on any atom is -0.441 e. The zero-order chi connectivity index (χ0) is 13.2. The molecule has 0 aliphatic heterocycles. The van der Waals surface area contributed by atoms with Crippen LogP contribution in [0.25, 0.3) is 11.1 Å². The summed E-state index contributed by atoms with van der Waals surface area (Å²) >= 11 is 0. The van der Waals surface area contributed by atoms with Gasteiger partial charge in [0.2, 0.25) is 0 Å². The summed E-state index contributed by atoms with van der Waals surface area (Å²) < 4.78 is 7.57. The fraction of sp³-hybridized carbons (Fsp3) is 0.286. The van der Waals surface area contributed by atoms with Crippen LogP contribution in [0.15, 0.2) is 35.1 Å². The van der Waals surface area contributed by atoms with Gasteiger partial charge in [0.05, 0.1) is 18.6 Å². The predicted molar refractivity (Wildman–Crippen MR) is 74.0 cm³/mol. The first kappa shape index (κ1) is 11.8. The van der Waals surface area contributed by atoms with Crippen molar-refractivity contribution in [2.24, 2.45) is 0 Å². The summed E-state index contributed by atoms with van der Waals surface area (Å²) in [5.74, 6) is 0.691. The average molecular weight is 256 g/mol. The van der Waals surface area contributed by atoms with Crippen LogP contribution in [0.5, 0.6) is 0 Å². The number of aromatic nitrogens is 3. The molecule has 2 heterocycles. The van der Waals surface area contributed by atoms with E-state index >= 15 is 0 Å². The maximum atomic E-state index is 5.46. The van der Waals surface area contributed by atoms with E-state index < -0.39 is 0 Å². The molecule has 0 unspecified atom stereocenters. The molecule has 5 heteroatoms. The Kier molecular flexibility index (Phi) is 2.95. The molecule has 0 aliphatic carbocycles. The lowest BCUT2D eigenvalue weighted by Crippen LogP contribution is -2.05. The van der Waals surface area contributed by atoms with Gasteiger partial charge in [0.1, 0.15) is 5.52 Å². The number of aryl methyl sites for hydroxylation is 2. The molecule has 3 rings (SSSR count). The van der Waals surface area contributed by atoms with Gasteiger partial charge in [-0.2, -0.15) is 0 Å². The van der Waals surface area contributed by atoms with Crippen LogP contribution in [0.4, 0.5) is 5.69 Å². The summed E-state index contributed by atoms with van der Waals surface area (Å²) in [6.07, 6.45) is 3.73. The lowest BCUT2D eigenvalue weighted by atomic mass is 10.3. The molecule has 5 nitrogen and oxygen atoms in total. The minimum absolute atomic E-state index is 0.691. The molecule has 0 spiro atoms. The van der Waals surface area contributed by atoms with Crippen LogP contribution in [0, 0.1) is 6.92 Å². The van der Waals surface area contributed by atoms with Gasteiger partial charge in [-0.05, 0) is 25.1 Å². The summed E-state index contributed by atoms with van der Waals surface area (Å²) in [5, 5.41) is 3.38. The van der Waals surface area contributed by atoms with E-state index in [0.717, 1.165) is 29.9 Å². The second-order valence-corrected chi connectivity index (χ2v) is 4.44. The van der Waals surface area contributed by atoms with Crippen LogP contribution in [0.3, 0.4) is 0 Å². The van der Waals surface area contributed by atoms with Crippen molar-refractivity contribution in [3.05, 3.63) is 42.3 Å². The molecule has 0 radical (unpaired) electrons. The standard InChI is InChI=1S/C14H16N4O/c1-3-18-9-15-7-12(18)8-16-11-4-5-14-13(6-11)17-10(2)19-14/h4-7,9,16H,3,8H2,1-2H3. The lowest BCUT2D eigenvalue weighted by molar-refractivity contribution is 0.561. The fourth-order valence-electron chi connectivity index (χ4n) is 2.13. The molecule has 1 N–H and O–H groups in total. The maximum Gasteiger partial charge on any atom is 0.192 e. The van der Waals surface area contributed by atoms with Gasteiger partial charge in [0.25, 0.3) is 0 Å². The minimum atomic E-state index is 0.691. The molecule has 0 bridgehead atoms. The largest absolute Gasteiger partial charge is 0.441 e. The van der Waals surface area contributed by atoms with Gasteiger partial charge in [-0.15, -0.1) is 0 Å². The van der Waals surface area contributed by atoms with Crippen molar-refractivity contribution in [1.82, 2.24) is 14.5 Å². The van der Waals surface area contributed by atoms with Gasteiger partial charge in [-0.3, -0.25) is 0 Å². The first-order chi connectivity index (χ1) is 9.26. The van der Waals surface area contributed by atoms with Crippen LogP contribution in [0.1, 0.15) is 18.5 Å². The summed E-state index contributed by atoms with van der Waals surface area (Å²) in [4.78, 5) is 8.48. The highest BCUT2D eigenvalue weighted by Crippen LogP contribution is 2.20. The van der Waals surface area contributed by atoms with Crippen molar-refractivity contribution < 1.29 is 4.42 Å². The van der Waals surface area contributed by atoms with E-state index in [2.05, 4.69) is 26.8 Å². The number of hydrogen-bond acceptors (Lipinski definition) is 4. The zero-order valence-corrected chi connectivity index (χ0v) is 11.1.